The van der Waals surface area contributed by atoms with E-state index in [9.17, 15) is 13.8 Å². The SMILES string of the molecule is CC(C)(COc1cccc2c1C(N)=NS(=O)N2)NC(=O)c1cc[nH]c(=O)c1. The van der Waals surface area contributed by atoms with Crippen LogP contribution < -0.4 is 26.1 Å². The lowest BCUT2D eigenvalue weighted by Gasteiger charge is -2.27. The zero-order valence-corrected chi connectivity index (χ0v) is 15.6. The van der Waals surface area contributed by atoms with Gasteiger partial charge in [0, 0.05) is 17.8 Å². The first-order valence-corrected chi connectivity index (χ1v) is 9.16. The van der Waals surface area contributed by atoms with Gasteiger partial charge in [-0.2, -0.15) is 4.40 Å². The van der Waals surface area contributed by atoms with Crippen molar-refractivity contribution in [3.8, 4) is 5.75 Å². The molecular formula is C17H19N5O4S. The summed E-state index contributed by atoms with van der Waals surface area (Å²) in [6, 6.07) is 7.92. The fourth-order valence-corrected chi connectivity index (χ4v) is 3.19. The van der Waals surface area contributed by atoms with Gasteiger partial charge in [0.05, 0.1) is 16.8 Å². The molecule has 0 radical (unpaired) electrons. The molecule has 1 aliphatic heterocycles. The second-order valence-electron chi connectivity index (χ2n) is 6.57. The number of benzene rings is 1. The van der Waals surface area contributed by atoms with Crippen molar-refractivity contribution in [1.82, 2.24) is 10.3 Å². The van der Waals surface area contributed by atoms with E-state index in [1.807, 2.05) is 0 Å². The van der Waals surface area contributed by atoms with Crippen LogP contribution >= 0.6 is 0 Å². The number of hydrogen-bond acceptors (Lipinski definition) is 5. The second-order valence-corrected chi connectivity index (χ2v) is 7.46. The Morgan fingerprint density at radius 1 is 1.37 bits per heavy atom. The molecule has 2 heterocycles. The Labute approximate surface area is 157 Å². The monoisotopic (exact) mass is 389 g/mol. The van der Waals surface area contributed by atoms with E-state index < -0.39 is 16.7 Å². The lowest BCUT2D eigenvalue weighted by molar-refractivity contribution is 0.0880. The highest BCUT2D eigenvalue weighted by atomic mass is 32.2. The molecule has 142 valence electrons. The van der Waals surface area contributed by atoms with Crippen LogP contribution in [0.5, 0.6) is 5.75 Å². The summed E-state index contributed by atoms with van der Waals surface area (Å²) in [5.41, 5.74) is 6.13. The minimum atomic E-state index is -1.62. The highest BCUT2D eigenvalue weighted by molar-refractivity contribution is 7.85. The Kier molecular flexibility index (Phi) is 5.00. The van der Waals surface area contributed by atoms with Crippen LogP contribution in [0.1, 0.15) is 29.8 Å². The molecule has 2 aromatic rings. The largest absolute Gasteiger partial charge is 0.490 e. The number of nitrogens with two attached hydrogens (primary N) is 1. The number of carbonyl (C=O) groups excluding carboxylic acids is 1. The number of amides is 1. The molecule has 5 N–H and O–H groups in total. The van der Waals surface area contributed by atoms with Crippen molar-refractivity contribution >= 4 is 28.6 Å². The quantitative estimate of drug-likeness (QED) is 0.595. The maximum atomic E-state index is 12.3. The maximum Gasteiger partial charge on any atom is 0.252 e. The average molecular weight is 389 g/mol. The van der Waals surface area contributed by atoms with Gasteiger partial charge in [-0.25, -0.2) is 4.21 Å². The van der Waals surface area contributed by atoms with Crippen molar-refractivity contribution in [1.29, 1.82) is 0 Å². The van der Waals surface area contributed by atoms with E-state index in [0.29, 0.717) is 17.0 Å². The van der Waals surface area contributed by atoms with Gasteiger partial charge in [-0.3, -0.25) is 14.3 Å². The fraction of sp³-hybridized carbons (Fsp3) is 0.235. The summed E-state index contributed by atoms with van der Waals surface area (Å²) in [4.78, 5) is 26.2. The lowest BCUT2D eigenvalue weighted by atomic mass is 10.1. The summed E-state index contributed by atoms with van der Waals surface area (Å²) < 4.78 is 23.9. The summed E-state index contributed by atoms with van der Waals surface area (Å²) in [5.74, 6) is 0.183. The Balaban J connectivity index is 1.73. The predicted molar refractivity (Wildman–Crippen MR) is 103 cm³/mol. The smallest absolute Gasteiger partial charge is 0.252 e. The molecular weight excluding hydrogens is 370 g/mol. The van der Waals surface area contributed by atoms with Crippen LogP contribution in [0, 0.1) is 0 Å². The molecule has 0 fully saturated rings. The van der Waals surface area contributed by atoms with Gasteiger partial charge >= 0.3 is 0 Å². The number of hydrogen-bond donors (Lipinski definition) is 4. The zero-order valence-electron chi connectivity index (χ0n) is 14.7. The van der Waals surface area contributed by atoms with Gasteiger partial charge in [0.15, 0.2) is 0 Å². The van der Waals surface area contributed by atoms with Crippen LogP contribution in [-0.2, 0) is 11.2 Å². The summed E-state index contributed by atoms with van der Waals surface area (Å²) >= 11 is -1.62. The number of nitrogens with one attached hydrogen (secondary N) is 3. The van der Waals surface area contributed by atoms with Crippen molar-refractivity contribution in [2.24, 2.45) is 10.1 Å². The second kappa shape index (κ2) is 7.23. The number of rotatable bonds is 5. The summed E-state index contributed by atoms with van der Waals surface area (Å²) in [7, 11) is 0. The highest BCUT2D eigenvalue weighted by Crippen LogP contribution is 2.30. The minimum absolute atomic E-state index is 0.114. The highest BCUT2D eigenvalue weighted by Gasteiger charge is 2.25. The molecule has 1 aliphatic rings. The number of ether oxygens (including phenoxy) is 1. The summed E-state index contributed by atoms with van der Waals surface area (Å²) in [6.45, 7) is 3.71. The van der Waals surface area contributed by atoms with Crippen LogP contribution in [0.25, 0.3) is 0 Å². The third kappa shape index (κ3) is 4.34. The summed E-state index contributed by atoms with van der Waals surface area (Å²) in [6.07, 6.45) is 1.41. The number of carbonyl (C=O) groups is 1. The van der Waals surface area contributed by atoms with E-state index in [0.717, 1.165) is 0 Å². The third-order valence-electron chi connectivity index (χ3n) is 3.74. The van der Waals surface area contributed by atoms with Crippen LogP contribution in [0.2, 0.25) is 0 Å². The molecule has 10 heteroatoms. The average Bonchev–Trinajstić information content (AvgIpc) is 2.59. The van der Waals surface area contributed by atoms with Gasteiger partial charge in [-0.05, 0) is 32.0 Å². The number of aromatic amines is 1. The molecule has 0 bridgehead atoms. The van der Waals surface area contributed by atoms with E-state index >= 15 is 0 Å². The standard InChI is InChI=1S/C17H19N5O4S/c1-17(2,20-16(24)10-6-7-19-13(23)8-10)9-26-12-5-3-4-11-14(12)15(18)22-27(25)21-11/h3-8,21H,9H2,1-2H3,(H2,18,22)(H,19,23)(H,20,24). The Morgan fingerprint density at radius 3 is 2.89 bits per heavy atom. The van der Waals surface area contributed by atoms with Crippen molar-refractivity contribution in [2.75, 3.05) is 11.3 Å². The molecule has 0 saturated heterocycles. The molecule has 0 saturated carbocycles. The number of anilines is 1. The van der Waals surface area contributed by atoms with Crippen LogP contribution in [-0.4, -0.2) is 33.1 Å². The van der Waals surface area contributed by atoms with Crippen LogP contribution in [0.4, 0.5) is 5.69 Å². The number of pyridine rings is 1. The maximum absolute atomic E-state index is 12.3. The van der Waals surface area contributed by atoms with E-state index in [4.69, 9.17) is 10.5 Å². The topological polar surface area (TPSA) is 139 Å². The van der Waals surface area contributed by atoms with E-state index in [1.54, 1.807) is 32.0 Å². The molecule has 0 spiro atoms. The molecule has 1 unspecified atom stereocenters. The van der Waals surface area contributed by atoms with Gasteiger partial charge in [0.1, 0.15) is 18.2 Å². The molecule has 0 aliphatic carbocycles. The zero-order chi connectivity index (χ0) is 19.6. The van der Waals surface area contributed by atoms with E-state index in [-0.39, 0.29) is 29.5 Å². The number of fused-ring (bicyclic) bond motifs is 1. The normalized spacial score (nSPS) is 15.9. The molecule has 1 amide bonds. The Bertz CT molecular complexity index is 999. The minimum Gasteiger partial charge on any atom is -0.490 e. The predicted octanol–water partition coefficient (Wildman–Crippen LogP) is 0.672. The number of aromatic nitrogens is 1. The first kappa shape index (κ1) is 18.6. The lowest BCUT2D eigenvalue weighted by Crippen LogP contribution is -2.48. The first-order valence-electron chi connectivity index (χ1n) is 8.05. The molecule has 1 atom stereocenters. The van der Waals surface area contributed by atoms with Crippen molar-refractivity contribution in [3.63, 3.8) is 0 Å². The molecule has 1 aromatic heterocycles. The van der Waals surface area contributed by atoms with Crippen LogP contribution in [0.3, 0.4) is 0 Å². The Hall–Kier alpha value is -3.14. The van der Waals surface area contributed by atoms with Crippen LogP contribution in [0.15, 0.2) is 45.7 Å². The molecule has 3 rings (SSSR count). The molecule has 27 heavy (non-hydrogen) atoms. The number of H-pyrrole nitrogens is 1. The third-order valence-corrected chi connectivity index (χ3v) is 4.50. The number of nitrogens with zero attached hydrogens (tertiary/aromatic N) is 1. The van der Waals surface area contributed by atoms with Gasteiger partial charge in [-0.1, -0.05) is 6.07 Å². The summed E-state index contributed by atoms with van der Waals surface area (Å²) in [5, 5.41) is 2.83. The van der Waals surface area contributed by atoms with Gasteiger partial charge in [0.25, 0.3) is 5.91 Å². The Morgan fingerprint density at radius 2 is 2.15 bits per heavy atom. The van der Waals surface area contributed by atoms with Crippen molar-refractivity contribution in [3.05, 3.63) is 58.0 Å². The van der Waals surface area contributed by atoms with Gasteiger partial charge < -0.3 is 20.8 Å². The number of amidine groups is 1. The van der Waals surface area contributed by atoms with E-state index in [1.165, 1.54) is 18.3 Å². The first-order chi connectivity index (χ1) is 12.7. The van der Waals surface area contributed by atoms with Crippen molar-refractivity contribution in [2.45, 2.75) is 19.4 Å². The van der Waals surface area contributed by atoms with Gasteiger partial charge in [-0.15, -0.1) is 0 Å². The van der Waals surface area contributed by atoms with E-state index in [2.05, 4.69) is 19.4 Å². The molecule has 1 aromatic carbocycles. The fourth-order valence-electron chi connectivity index (χ4n) is 2.51. The van der Waals surface area contributed by atoms with Crippen molar-refractivity contribution < 1.29 is 13.7 Å². The van der Waals surface area contributed by atoms with Gasteiger partial charge in [0.2, 0.25) is 16.7 Å². The molecule has 9 nitrogen and oxygen atoms in total.